The van der Waals surface area contributed by atoms with Gasteiger partial charge in [0.1, 0.15) is 12.4 Å². The van der Waals surface area contributed by atoms with E-state index in [4.69, 9.17) is 10.5 Å². The van der Waals surface area contributed by atoms with Crippen molar-refractivity contribution in [1.29, 1.82) is 0 Å². The summed E-state index contributed by atoms with van der Waals surface area (Å²) in [6.07, 6.45) is 0. The van der Waals surface area contributed by atoms with Crippen LogP contribution in [0.25, 0.3) is 10.8 Å². The molecule has 3 rings (SSSR count). The van der Waals surface area contributed by atoms with Gasteiger partial charge in [-0.3, -0.25) is 0 Å². The van der Waals surface area contributed by atoms with Crippen molar-refractivity contribution in [2.45, 2.75) is 19.6 Å². The molecule has 0 fully saturated rings. The lowest BCUT2D eigenvalue weighted by Gasteiger charge is -2.16. The van der Waals surface area contributed by atoms with Crippen molar-refractivity contribution in [2.24, 2.45) is 5.73 Å². The molecule has 0 amide bonds. The zero-order valence-electron chi connectivity index (χ0n) is 11.7. The molecule has 108 valence electrons. The molecule has 0 radical (unpaired) electrons. The van der Waals surface area contributed by atoms with Crippen LogP contribution in [0.15, 0.2) is 52.3 Å². The first-order chi connectivity index (χ1) is 10.1. The van der Waals surface area contributed by atoms with E-state index in [9.17, 15) is 0 Å². The first kappa shape index (κ1) is 14.6. The van der Waals surface area contributed by atoms with Crippen molar-refractivity contribution in [3.63, 3.8) is 0 Å². The van der Waals surface area contributed by atoms with E-state index in [0.29, 0.717) is 6.61 Å². The summed E-state index contributed by atoms with van der Waals surface area (Å²) in [4.78, 5) is 1.19. The molecular formula is C17H16BrNOS. The summed E-state index contributed by atoms with van der Waals surface area (Å²) in [6, 6.07) is 14.4. The minimum atomic E-state index is -0.0559. The monoisotopic (exact) mass is 361 g/mol. The van der Waals surface area contributed by atoms with E-state index >= 15 is 0 Å². The van der Waals surface area contributed by atoms with Gasteiger partial charge in [-0.05, 0) is 34.3 Å². The molecule has 0 aliphatic heterocycles. The summed E-state index contributed by atoms with van der Waals surface area (Å²) in [5, 5.41) is 4.35. The Morgan fingerprint density at radius 2 is 2.05 bits per heavy atom. The highest BCUT2D eigenvalue weighted by atomic mass is 79.9. The summed E-state index contributed by atoms with van der Waals surface area (Å²) < 4.78 is 7.21. The Kier molecular flexibility index (Phi) is 4.29. The molecule has 1 unspecified atom stereocenters. The molecule has 2 aromatic carbocycles. The minimum absolute atomic E-state index is 0.0559. The van der Waals surface area contributed by atoms with Crippen molar-refractivity contribution in [2.75, 3.05) is 0 Å². The molecule has 2 nitrogen and oxygen atoms in total. The molecule has 1 aromatic heterocycles. The molecule has 0 spiro atoms. The number of hydrogen-bond donors (Lipinski definition) is 1. The minimum Gasteiger partial charge on any atom is -0.487 e. The second-order valence-electron chi connectivity index (χ2n) is 5.01. The molecule has 21 heavy (non-hydrogen) atoms. The maximum absolute atomic E-state index is 6.12. The number of benzene rings is 2. The van der Waals surface area contributed by atoms with Crippen LogP contribution in [0.3, 0.4) is 0 Å². The van der Waals surface area contributed by atoms with Crippen LogP contribution >= 0.6 is 27.3 Å². The van der Waals surface area contributed by atoms with E-state index in [1.807, 2.05) is 19.1 Å². The number of nitrogens with two attached hydrogens (primary N) is 1. The summed E-state index contributed by atoms with van der Waals surface area (Å²) in [6.45, 7) is 2.54. The first-order valence-corrected chi connectivity index (χ1v) is 8.45. The van der Waals surface area contributed by atoms with Crippen molar-refractivity contribution >= 4 is 38.0 Å². The number of ether oxygens (including phenoxy) is 1. The third-order valence-electron chi connectivity index (χ3n) is 3.38. The zero-order valence-corrected chi connectivity index (χ0v) is 14.1. The maximum Gasteiger partial charge on any atom is 0.132 e. The van der Waals surface area contributed by atoms with Gasteiger partial charge in [-0.2, -0.15) is 0 Å². The summed E-state index contributed by atoms with van der Waals surface area (Å²) in [5.74, 6) is 0.896. The van der Waals surface area contributed by atoms with Gasteiger partial charge in [-0.25, -0.2) is 0 Å². The molecule has 0 aliphatic rings. The van der Waals surface area contributed by atoms with Gasteiger partial charge in [0, 0.05) is 31.7 Å². The van der Waals surface area contributed by atoms with Crippen LogP contribution in [0.5, 0.6) is 5.75 Å². The summed E-state index contributed by atoms with van der Waals surface area (Å²) >= 11 is 5.16. The second-order valence-corrected chi connectivity index (χ2v) is 6.93. The SMILES string of the molecule is CC(N)c1ccc2ccccc2c1OCc1cc(Br)cs1. The largest absolute Gasteiger partial charge is 0.487 e. The van der Waals surface area contributed by atoms with Gasteiger partial charge in [0.2, 0.25) is 0 Å². The van der Waals surface area contributed by atoms with Crippen LogP contribution in [-0.4, -0.2) is 0 Å². The smallest absolute Gasteiger partial charge is 0.132 e. The average molecular weight is 362 g/mol. The van der Waals surface area contributed by atoms with Gasteiger partial charge < -0.3 is 10.5 Å². The van der Waals surface area contributed by atoms with Gasteiger partial charge >= 0.3 is 0 Å². The fourth-order valence-electron chi connectivity index (χ4n) is 2.35. The van der Waals surface area contributed by atoms with Gasteiger partial charge in [-0.1, -0.05) is 36.4 Å². The molecule has 3 aromatic rings. The number of hydrogen-bond acceptors (Lipinski definition) is 3. The van der Waals surface area contributed by atoms with Crippen molar-refractivity contribution in [1.82, 2.24) is 0 Å². The topological polar surface area (TPSA) is 35.2 Å². The Bertz CT molecular complexity index is 766. The zero-order chi connectivity index (χ0) is 14.8. The standard InChI is InChI=1S/C17H16BrNOS/c1-11(19)15-7-6-12-4-2-3-5-16(12)17(15)20-9-14-8-13(18)10-21-14/h2-8,10-11H,9,19H2,1H3. The summed E-state index contributed by atoms with van der Waals surface area (Å²) in [7, 11) is 0. The Morgan fingerprint density at radius 1 is 1.24 bits per heavy atom. The highest BCUT2D eigenvalue weighted by Gasteiger charge is 2.12. The second kappa shape index (κ2) is 6.18. The third kappa shape index (κ3) is 3.12. The Morgan fingerprint density at radius 3 is 2.76 bits per heavy atom. The van der Waals surface area contributed by atoms with E-state index < -0.39 is 0 Å². The molecule has 0 aliphatic carbocycles. The van der Waals surface area contributed by atoms with E-state index in [1.165, 1.54) is 10.3 Å². The number of halogens is 1. The normalized spacial score (nSPS) is 12.5. The number of thiophene rings is 1. The Labute approximate surface area is 136 Å². The first-order valence-electron chi connectivity index (χ1n) is 6.78. The molecule has 0 saturated heterocycles. The fraction of sp³-hybridized carbons (Fsp3) is 0.176. The lowest BCUT2D eigenvalue weighted by Crippen LogP contribution is -2.08. The molecule has 1 heterocycles. The van der Waals surface area contributed by atoms with Crippen LogP contribution in [0.2, 0.25) is 0 Å². The molecule has 1 atom stereocenters. The number of fused-ring (bicyclic) bond motifs is 1. The lowest BCUT2D eigenvalue weighted by atomic mass is 10.0. The van der Waals surface area contributed by atoms with Crippen LogP contribution in [0.4, 0.5) is 0 Å². The fourth-order valence-corrected chi connectivity index (χ4v) is 3.71. The van der Waals surface area contributed by atoms with Crippen LogP contribution in [0, 0.1) is 0 Å². The number of rotatable bonds is 4. The van der Waals surface area contributed by atoms with E-state index in [2.05, 4.69) is 51.6 Å². The average Bonchev–Trinajstić information content (AvgIpc) is 2.90. The Balaban J connectivity index is 1.99. The quantitative estimate of drug-likeness (QED) is 0.687. The van der Waals surface area contributed by atoms with Crippen molar-refractivity contribution in [3.05, 3.63) is 62.8 Å². The highest BCUT2D eigenvalue weighted by Crippen LogP contribution is 2.34. The van der Waals surface area contributed by atoms with Gasteiger partial charge in [0.25, 0.3) is 0 Å². The summed E-state index contributed by atoms with van der Waals surface area (Å²) in [5.41, 5.74) is 7.14. The van der Waals surface area contributed by atoms with Crippen LogP contribution in [-0.2, 0) is 6.61 Å². The van der Waals surface area contributed by atoms with Gasteiger partial charge in [0.15, 0.2) is 0 Å². The predicted octanol–water partition coefficient (Wildman–Crippen LogP) is 5.26. The Hall–Kier alpha value is -1.36. The van der Waals surface area contributed by atoms with Gasteiger partial charge in [0.05, 0.1) is 0 Å². The van der Waals surface area contributed by atoms with E-state index in [-0.39, 0.29) is 6.04 Å². The predicted molar refractivity (Wildman–Crippen MR) is 92.9 cm³/mol. The third-order valence-corrected chi connectivity index (χ3v) is 5.05. The molecule has 0 bridgehead atoms. The van der Waals surface area contributed by atoms with Gasteiger partial charge in [-0.15, -0.1) is 11.3 Å². The van der Waals surface area contributed by atoms with Crippen LogP contribution < -0.4 is 10.5 Å². The van der Waals surface area contributed by atoms with Crippen molar-refractivity contribution in [3.8, 4) is 5.75 Å². The maximum atomic E-state index is 6.12. The van der Waals surface area contributed by atoms with Crippen molar-refractivity contribution < 1.29 is 4.74 Å². The highest BCUT2D eigenvalue weighted by molar-refractivity contribution is 9.10. The van der Waals surface area contributed by atoms with Crippen LogP contribution in [0.1, 0.15) is 23.4 Å². The lowest BCUT2D eigenvalue weighted by molar-refractivity contribution is 0.309. The van der Waals surface area contributed by atoms with E-state index in [1.54, 1.807) is 11.3 Å². The van der Waals surface area contributed by atoms with E-state index in [0.717, 1.165) is 21.2 Å². The molecule has 0 saturated carbocycles. The molecule has 2 N–H and O–H groups in total. The molecule has 4 heteroatoms. The molecular weight excluding hydrogens is 346 g/mol.